The summed E-state index contributed by atoms with van der Waals surface area (Å²) >= 11 is 0. The number of aromatic hydroxyl groups is 1. The summed E-state index contributed by atoms with van der Waals surface area (Å²) in [7, 11) is 0. The van der Waals surface area contributed by atoms with Gasteiger partial charge in [0.1, 0.15) is 17.8 Å². The number of benzene rings is 3. The maximum absolute atomic E-state index is 14.4. The molecule has 1 aliphatic heterocycles. The minimum absolute atomic E-state index is 0.0670. The van der Waals surface area contributed by atoms with Crippen molar-refractivity contribution >= 4 is 17.3 Å². The molecule has 0 fully saturated rings. The van der Waals surface area contributed by atoms with Crippen molar-refractivity contribution in [2.75, 3.05) is 16.8 Å². The average Bonchev–Trinajstić information content (AvgIpc) is 2.74. The number of carbonyl (C=O) groups excluding carboxylic acids is 1. The molecule has 1 amide bonds. The fourth-order valence-electron chi connectivity index (χ4n) is 4.16. The largest absolute Gasteiger partial charge is 0.507 e. The van der Waals surface area contributed by atoms with E-state index in [9.17, 15) is 19.4 Å². The predicted molar refractivity (Wildman–Crippen MR) is 121 cm³/mol. The first-order valence-corrected chi connectivity index (χ1v) is 10.3. The van der Waals surface area contributed by atoms with Gasteiger partial charge >= 0.3 is 0 Å². The monoisotopic (exact) mass is 420 g/mol. The molecule has 3 N–H and O–H groups in total. The number of carbonyl (C=O) groups is 1. The van der Waals surface area contributed by atoms with Crippen molar-refractivity contribution in [2.45, 2.75) is 32.9 Å². The van der Waals surface area contributed by atoms with Crippen molar-refractivity contribution < 1.29 is 19.4 Å². The van der Waals surface area contributed by atoms with Gasteiger partial charge in [-0.1, -0.05) is 30.3 Å². The first-order chi connectivity index (χ1) is 14.8. The number of phenols is 1. The fourth-order valence-corrected chi connectivity index (χ4v) is 4.16. The fraction of sp³-hybridized carbons (Fsp3) is 0.240. The number of amides is 1. The molecule has 31 heavy (non-hydrogen) atoms. The maximum atomic E-state index is 14.4. The number of nitrogens with one attached hydrogen (secondary N) is 1. The Labute approximate surface area is 180 Å². The molecule has 0 aliphatic carbocycles. The molecule has 1 atom stereocenters. The van der Waals surface area contributed by atoms with Crippen molar-refractivity contribution in [3.63, 3.8) is 0 Å². The van der Waals surface area contributed by atoms with Gasteiger partial charge in [0, 0.05) is 30.3 Å². The van der Waals surface area contributed by atoms with Crippen LogP contribution in [0.2, 0.25) is 0 Å². The summed E-state index contributed by atoms with van der Waals surface area (Å²) in [6.45, 7) is 3.89. The molecule has 3 aromatic rings. The molecule has 0 saturated heterocycles. The molecule has 0 saturated carbocycles. The Morgan fingerprint density at radius 3 is 2.42 bits per heavy atom. The number of fused-ring (bicyclic) bond motifs is 1. The van der Waals surface area contributed by atoms with E-state index in [2.05, 4.69) is 5.32 Å². The van der Waals surface area contributed by atoms with E-state index < -0.39 is 12.0 Å². The number of halogens is 1. The van der Waals surface area contributed by atoms with Gasteiger partial charge in [0.15, 0.2) is 0 Å². The van der Waals surface area contributed by atoms with Crippen molar-refractivity contribution in [1.82, 2.24) is 0 Å². The van der Waals surface area contributed by atoms with E-state index >= 15 is 0 Å². The second-order valence-electron chi connectivity index (χ2n) is 7.85. The van der Waals surface area contributed by atoms with Gasteiger partial charge < -0.3 is 20.4 Å². The number of para-hydroxylation sites is 1. The Bertz CT molecular complexity index is 1140. The first-order valence-electron chi connectivity index (χ1n) is 10.3. The zero-order valence-corrected chi connectivity index (χ0v) is 17.5. The molecule has 3 aromatic carbocycles. The molecule has 6 heteroatoms. The number of hydrogen-bond donors (Lipinski definition) is 3. The summed E-state index contributed by atoms with van der Waals surface area (Å²) in [6.07, 6.45) is 1.30. The number of aryl methyl sites for hydroxylation is 1. The molecule has 1 unspecified atom stereocenters. The molecule has 5 nitrogen and oxygen atoms in total. The molecule has 0 radical (unpaired) electrons. The zero-order chi connectivity index (χ0) is 22.1. The Balaban J connectivity index is 1.72. The average molecular weight is 420 g/mol. The first kappa shape index (κ1) is 20.9. The molecular weight excluding hydrogens is 395 g/mol. The number of phenolic OH excluding ortho intramolecular Hbond substituents is 1. The van der Waals surface area contributed by atoms with E-state index in [1.165, 1.54) is 19.1 Å². The van der Waals surface area contributed by atoms with Gasteiger partial charge in [0.25, 0.3) is 0 Å². The van der Waals surface area contributed by atoms with Crippen LogP contribution in [0, 0.1) is 5.82 Å². The molecule has 0 aromatic heterocycles. The summed E-state index contributed by atoms with van der Waals surface area (Å²) in [5.74, 6) is -0.847. The van der Waals surface area contributed by atoms with Crippen LogP contribution < -0.4 is 10.2 Å². The molecule has 0 bridgehead atoms. The third-order valence-electron chi connectivity index (χ3n) is 5.62. The quantitative estimate of drug-likeness (QED) is 0.561. The van der Waals surface area contributed by atoms with Crippen LogP contribution in [0.15, 0.2) is 54.6 Å². The second kappa shape index (κ2) is 8.40. The highest BCUT2D eigenvalue weighted by Gasteiger charge is 2.21. The summed E-state index contributed by atoms with van der Waals surface area (Å²) in [5.41, 5.74) is 4.78. The molecule has 160 valence electrons. The van der Waals surface area contributed by atoms with E-state index in [4.69, 9.17) is 0 Å². The maximum Gasteiger partial charge on any atom is 0.221 e. The van der Waals surface area contributed by atoms with Gasteiger partial charge in [-0.15, -0.1) is 0 Å². The van der Waals surface area contributed by atoms with E-state index in [-0.39, 0.29) is 17.3 Å². The van der Waals surface area contributed by atoms with Crippen molar-refractivity contribution in [1.29, 1.82) is 0 Å². The Kier molecular flexibility index (Phi) is 5.65. The number of rotatable bonds is 4. The van der Waals surface area contributed by atoms with Crippen LogP contribution in [-0.2, 0) is 11.2 Å². The van der Waals surface area contributed by atoms with E-state index in [1.54, 1.807) is 19.1 Å². The van der Waals surface area contributed by atoms with Crippen LogP contribution >= 0.6 is 0 Å². The zero-order valence-electron chi connectivity index (χ0n) is 17.5. The lowest BCUT2D eigenvalue weighted by atomic mass is 9.93. The summed E-state index contributed by atoms with van der Waals surface area (Å²) in [4.78, 5) is 13.2. The third-order valence-corrected chi connectivity index (χ3v) is 5.62. The van der Waals surface area contributed by atoms with Crippen LogP contribution in [0.3, 0.4) is 0 Å². The standard InChI is InChI=1S/C25H25FN2O3/c1-15(29)27-23-10-8-18(14-22(23)26)21-7-3-6-20(25(21)31)17-9-11-24-19(13-17)5-4-12-28(24)16(2)30/h3,6-11,13-14,16,30-31H,4-5,12H2,1-2H3,(H,27,29). The van der Waals surface area contributed by atoms with Crippen molar-refractivity contribution in [3.8, 4) is 28.0 Å². The predicted octanol–water partition coefficient (Wildman–Crippen LogP) is 4.91. The number of hydrogen-bond acceptors (Lipinski definition) is 4. The highest BCUT2D eigenvalue weighted by Crippen LogP contribution is 2.40. The van der Waals surface area contributed by atoms with Gasteiger partial charge in [-0.3, -0.25) is 4.79 Å². The van der Waals surface area contributed by atoms with Crippen molar-refractivity contribution in [2.24, 2.45) is 0 Å². The highest BCUT2D eigenvalue weighted by atomic mass is 19.1. The molecule has 4 rings (SSSR count). The molecular formula is C25H25FN2O3. The summed E-state index contributed by atoms with van der Waals surface area (Å²) in [6, 6.07) is 15.8. The van der Waals surface area contributed by atoms with Gasteiger partial charge in [0.05, 0.1) is 5.69 Å². The SMILES string of the molecule is CC(=O)Nc1ccc(-c2cccc(-c3ccc4c(c3)CCCN4C(C)O)c2O)cc1F. The Morgan fingerprint density at radius 1 is 1.10 bits per heavy atom. The molecule has 1 heterocycles. The third kappa shape index (κ3) is 4.11. The van der Waals surface area contributed by atoms with E-state index in [0.29, 0.717) is 16.7 Å². The van der Waals surface area contributed by atoms with Crippen molar-refractivity contribution in [3.05, 3.63) is 66.0 Å². The van der Waals surface area contributed by atoms with Crippen LogP contribution in [0.25, 0.3) is 22.3 Å². The summed E-state index contributed by atoms with van der Waals surface area (Å²) < 4.78 is 14.4. The molecule has 1 aliphatic rings. The minimum Gasteiger partial charge on any atom is -0.507 e. The molecule has 0 spiro atoms. The highest BCUT2D eigenvalue weighted by molar-refractivity contribution is 5.89. The van der Waals surface area contributed by atoms with Crippen LogP contribution in [-0.4, -0.2) is 28.9 Å². The van der Waals surface area contributed by atoms with Gasteiger partial charge in [0.2, 0.25) is 5.91 Å². The number of aliphatic hydroxyl groups is 1. The topological polar surface area (TPSA) is 72.8 Å². The van der Waals surface area contributed by atoms with E-state index in [1.807, 2.05) is 35.2 Å². The van der Waals surface area contributed by atoms with Crippen LogP contribution in [0.5, 0.6) is 5.75 Å². The number of nitrogens with zero attached hydrogens (tertiary/aromatic N) is 1. The number of aliphatic hydroxyl groups excluding tert-OH is 1. The Hall–Kier alpha value is -3.38. The van der Waals surface area contributed by atoms with E-state index in [0.717, 1.165) is 36.2 Å². The lowest BCUT2D eigenvalue weighted by molar-refractivity contribution is -0.114. The van der Waals surface area contributed by atoms with Gasteiger partial charge in [-0.2, -0.15) is 0 Å². The second-order valence-corrected chi connectivity index (χ2v) is 7.85. The van der Waals surface area contributed by atoms with Crippen LogP contribution in [0.4, 0.5) is 15.8 Å². The summed E-state index contributed by atoms with van der Waals surface area (Å²) in [5, 5.41) is 23.5. The minimum atomic E-state index is -0.565. The van der Waals surface area contributed by atoms with Gasteiger partial charge in [-0.05, 0) is 60.7 Å². The van der Waals surface area contributed by atoms with Gasteiger partial charge in [-0.25, -0.2) is 4.39 Å². The lowest BCUT2D eigenvalue weighted by Gasteiger charge is -2.33. The number of anilines is 2. The smallest absolute Gasteiger partial charge is 0.221 e. The lowest BCUT2D eigenvalue weighted by Crippen LogP contribution is -2.36. The Morgan fingerprint density at radius 2 is 1.77 bits per heavy atom. The normalized spacial score (nSPS) is 14.1. The van der Waals surface area contributed by atoms with Crippen LogP contribution in [0.1, 0.15) is 25.8 Å².